The number of amides is 1. The fraction of sp³-hybridized carbons (Fsp3) is 0.500. The van der Waals surface area contributed by atoms with E-state index in [2.05, 4.69) is 0 Å². The lowest BCUT2D eigenvalue weighted by molar-refractivity contribution is 0.0721. The van der Waals surface area contributed by atoms with Crippen LogP contribution in [0.1, 0.15) is 30.1 Å². The highest BCUT2D eigenvalue weighted by atomic mass is 32.2. The van der Waals surface area contributed by atoms with E-state index in [1.807, 2.05) is 0 Å². The summed E-state index contributed by atoms with van der Waals surface area (Å²) in [6.07, 6.45) is 0.955. The van der Waals surface area contributed by atoms with Crippen molar-refractivity contribution in [3.63, 3.8) is 0 Å². The molecule has 2 N–H and O–H groups in total. The number of carbonyl (C=O) groups is 1. The molecule has 0 aliphatic carbocycles. The number of rotatable bonds is 4. The van der Waals surface area contributed by atoms with Crippen molar-refractivity contribution < 1.29 is 22.3 Å². The van der Waals surface area contributed by atoms with Gasteiger partial charge in [0.2, 0.25) is 10.0 Å². The maximum Gasteiger partial charge on any atom is 0.257 e. The highest BCUT2D eigenvalue weighted by molar-refractivity contribution is 7.89. The van der Waals surface area contributed by atoms with E-state index in [0.717, 1.165) is 0 Å². The lowest BCUT2D eigenvalue weighted by Crippen LogP contribution is -2.47. The predicted octanol–water partition coefficient (Wildman–Crippen LogP) is 1.12. The number of likely N-dealkylation sites (tertiary alicyclic amines) is 1. The Morgan fingerprint density at radius 3 is 2.86 bits per heavy atom. The van der Waals surface area contributed by atoms with Gasteiger partial charge in [-0.15, -0.1) is 0 Å². The smallest absolute Gasteiger partial charge is 0.257 e. The number of hydrogen-bond donors (Lipinski definition) is 1. The van der Waals surface area contributed by atoms with Crippen molar-refractivity contribution in [1.82, 2.24) is 4.90 Å². The summed E-state index contributed by atoms with van der Waals surface area (Å²) in [6.45, 7) is 2.34. The van der Waals surface area contributed by atoms with Gasteiger partial charge in [0.05, 0.1) is 17.4 Å². The molecule has 0 saturated carbocycles. The van der Waals surface area contributed by atoms with Crippen molar-refractivity contribution in [1.29, 1.82) is 0 Å². The fourth-order valence-electron chi connectivity index (χ4n) is 2.53. The highest BCUT2D eigenvalue weighted by Gasteiger charge is 2.32. The first-order valence-electron chi connectivity index (χ1n) is 7.06. The van der Waals surface area contributed by atoms with Crippen molar-refractivity contribution in [3.8, 4) is 5.75 Å². The van der Waals surface area contributed by atoms with Gasteiger partial charge in [-0.05, 0) is 31.9 Å². The van der Waals surface area contributed by atoms with Gasteiger partial charge in [-0.2, -0.15) is 0 Å². The summed E-state index contributed by atoms with van der Waals surface area (Å²) in [5.74, 6) is -1.17. The van der Waals surface area contributed by atoms with Crippen LogP contribution >= 0.6 is 0 Å². The Bertz CT molecular complexity index is 663. The van der Waals surface area contributed by atoms with Crippen molar-refractivity contribution in [2.24, 2.45) is 5.14 Å². The first kappa shape index (κ1) is 16.7. The van der Waals surface area contributed by atoms with Gasteiger partial charge in [0, 0.05) is 13.1 Å². The van der Waals surface area contributed by atoms with Crippen molar-refractivity contribution >= 4 is 15.9 Å². The average molecular weight is 330 g/mol. The Balaban J connectivity index is 2.26. The highest BCUT2D eigenvalue weighted by Crippen LogP contribution is 2.26. The summed E-state index contributed by atoms with van der Waals surface area (Å²) >= 11 is 0. The van der Waals surface area contributed by atoms with E-state index in [4.69, 9.17) is 9.88 Å². The molecular weight excluding hydrogens is 311 g/mol. The number of para-hydroxylation sites is 1. The molecule has 0 spiro atoms. The number of benzene rings is 1. The summed E-state index contributed by atoms with van der Waals surface area (Å²) < 4.78 is 42.0. The second-order valence-electron chi connectivity index (χ2n) is 5.15. The Labute approximate surface area is 129 Å². The van der Waals surface area contributed by atoms with Gasteiger partial charge in [0.15, 0.2) is 11.6 Å². The number of piperidine rings is 1. The molecule has 1 heterocycles. The standard InChI is InChI=1S/C14H19FN2O4S/c1-2-21-13-11(6-3-7-12(13)15)14(18)17-8-4-5-10(9-17)22(16,19)20/h3,6-7,10H,2,4-5,8-9H2,1H3,(H2,16,19,20). The van der Waals surface area contributed by atoms with Crippen LogP contribution in [0.5, 0.6) is 5.75 Å². The molecule has 1 saturated heterocycles. The second kappa shape index (κ2) is 6.62. The molecule has 1 atom stereocenters. The summed E-state index contributed by atoms with van der Waals surface area (Å²) in [5.41, 5.74) is 0.0944. The maximum absolute atomic E-state index is 13.8. The third-order valence-electron chi connectivity index (χ3n) is 3.62. The molecule has 1 fully saturated rings. The molecule has 1 unspecified atom stereocenters. The molecule has 8 heteroatoms. The number of nitrogens with zero attached hydrogens (tertiary/aromatic N) is 1. The van der Waals surface area contributed by atoms with Crippen LogP contribution in [-0.4, -0.2) is 44.2 Å². The Morgan fingerprint density at radius 1 is 1.50 bits per heavy atom. The summed E-state index contributed by atoms with van der Waals surface area (Å²) in [5, 5.41) is 4.38. The monoisotopic (exact) mass is 330 g/mol. The minimum Gasteiger partial charge on any atom is -0.490 e. The molecule has 0 bridgehead atoms. The summed E-state index contributed by atoms with van der Waals surface area (Å²) in [4.78, 5) is 13.9. The van der Waals surface area contributed by atoms with E-state index in [1.165, 1.54) is 23.1 Å². The Morgan fingerprint density at radius 2 is 2.23 bits per heavy atom. The molecule has 22 heavy (non-hydrogen) atoms. The molecule has 1 aliphatic heterocycles. The lowest BCUT2D eigenvalue weighted by atomic mass is 10.1. The molecule has 1 aromatic rings. The van der Waals surface area contributed by atoms with Crippen LogP contribution in [0.25, 0.3) is 0 Å². The first-order valence-corrected chi connectivity index (χ1v) is 8.67. The summed E-state index contributed by atoms with van der Waals surface area (Å²) in [7, 11) is -3.70. The Hall–Kier alpha value is -1.67. The van der Waals surface area contributed by atoms with E-state index in [9.17, 15) is 17.6 Å². The van der Waals surface area contributed by atoms with E-state index in [1.54, 1.807) is 6.92 Å². The number of hydrogen-bond acceptors (Lipinski definition) is 4. The van der Waals surface area contributed by atoms with Gasteiger partial charge in [-0.3, -0.25) is 4.79 Å². The molecular formula is C14H19FN2O4S. The zero-order valence-electron chi connectivity index (χ0n) is 12.3. The fourth-order valence-corrected chi connectivity index (χ4v) is 3.41. The lowest BCUT2D eigenvalue weighted by Gasteiger charge is -2.31. The first-order chi connectivity index (χ1) is 10.3. The van der Waals surface area contributed by atoms with E-state index in [0.29, 0.717) is 19.4 Å². The average Bonchev–Trinajstić information content (AvgIpc) is 2.48. The van der Waals surface area contributed by atoms with E-state index in [-0.39, 0.29) is 24.5 Å². The van der Waals surface area contributed by atoms with E-state index < -0.39 is 27.0 Å². The third kappa shape index (κ3) is 3.56. The maximum atomic E-state index is 13.8. The minimum atomic E-state index is -3.70. The number of ether oxygens (including phenoxy) is 1. The van der Waals surface area contributed by atoms with Crippen LogP contribution in [-0.2, 0) is 10.0 Å². The molecule has 1 amide bonds. The predicted molar refractivity (Wildman–Crippen MR) is 79.6 cm³/mol. The largest absolute Gasteiger partial charge is 0.490 e. The van der Waals surface area contributed by atoms with Gasteiger partial charge >= 0.3 is 0 Å². The van der Waals surface area contributed by atoms with Crippen LogP contribution in [0, 0.1) is 5.82 Å². The molecule has 1 aliphatic rings. The molecule has 0 radical (unpaired) electrons. The normalized spacial score (nSPS) is 19.0. The van der Waals surface area contributed by atoms with Crippen LogP contribution in [0.15, 0.2) is 18.2 Å². The van der Waals surface area contributed by atoms with Crippen LogP contribution in [0.2, 0.25) is 0 Å². The van der Waals surface area contributed by atoms with Gasteiger partial charge < -0.3 is 9.64 Å². The Kier molecular flexibility index (Phi) is 5.02. The van der Waals surface area contributed by atoms with Crippen LogP contribution in [0.3, 0.4) is 0 Å². The zero-order chi connectivity index (χ0) is 16.3. The van der Waals surface area contributed by atoms with Crippen LogP contribution in [0.4, 0.5) is 4.39 Å². The SMILES string of the molecule is CCOc1c(F)cccc1C(=O)N1CCCC(S(N)(=O)=O)C1. The van der Waals surface area contributed by atoms with Gasteiger partial charge in [0.25, 0.3) is 5.91 Å². The number of nitrogens with two attached hydrogens (primary N) is 1. The third-order valence-corrected chi connectivity index (χ3v) is 4.93. The van der Waals surface area contributed by atoms with Gasteiger partial charge in [0.1, 0.15) is 0 Å². The molecule has 1 aromatic carbocycles. The quantitative estimate of drug-likeness (QED) is 0.896. The van der Waals surface area contributed by atoms with Gasteiger partial charge in [-0.25, -0.2) is 17.9 Å². The van der Waals surface area contributed by atoms with Crippen molar-refractivity contribution in [2.45, 2.75) is 25.0 Å². The number of primary sulfonamides is 1. The topological polar surface area (TPSA) is 89.7 Å². The van der Waals surface area contributed by atoms with E-state index >= 15 is 0 Å². The van der Waals surface area contributed by atoms with Gasteiger partial charge in [-0.1, -0.05) is 6.07 Å². The van der Waals surface area contributed by atoms with Crippen molar-refractivity contribution in [2.75, 3.05) is 19.7 Å². The molecule has 6 nitrogen and oxygen atoms in total. The number of carbonyl (C=O) groups excluding carboxylic acids is 1. The van der Waals surface area contributed by atoms with Crippen molar-refractivity contribution in [3.05, 3.63) is 29.6 Å². The molecule has 2 rings (SSSR count). The molecule has 0 aromatic heterocycles. The number of halogens is 1. The van der Waals surface area contributed by atoms with Crippen LogP contribution < -0.4 is 9.88 Å². The summed E-state index contributed by atoms with van der Waals surface area (Å²) in [6, 6.07) is 4.11. The zero-order valence-corrected chi connectivity index (χ0v) is 13.1. The molecule has 122 valence electrons. The number of sulfonamides is 1. The second-order valence-corrected chi connectivity index (χ2v) is 7.00. The minimum absolute atomic E-state index is 0.0136.